The second-order valence-corrected chi connectivity index (χ2v) is 13.2. The molecule has 0 aliphatic heterocycles. The average Bonchev–Trinajstić information content (AvgIpc) is 3.19. The zero-order chi connectivity index (χ0) is 33.0. The number of fused-ring (bicyclic) bond motifs is 7. The molecule has 10 aromatic carbocycles. The third kappa shape index (κ3) is 4.46. The zero-order valence-electron chi connectivity index (χ0n) is 27.5. The lowest BCUT2D eigenvalue weighted by atomic mass is 9.83. The molecule has 0 amide bonds. The average molecular weight is 633 g/mol. The minimum Gasteiger partial charge on any atom is -0.0622 e. The van der Waals surface area contributed by atoms with E-state index in [2.05, 4.69) is 194 Å². The van der Waals surface area contributed by atoms with E-state index in [9.17, 15) is 0 Å². The van der Waals surface area contributed by atoms with Crippen LogP contribution in [0.4, 0.5) is 0 Å². The number of benzene rings is 10. The number of rotatable bonds is 4. The van der Waals surface area contributed by atoms with Gasteiger partial charge >= 0.3 is 0 Å². The Morgan fingerprint density at radius 2 is 0.720 bits per heavy atom. The fourth-order valence-electron chi connectivity index (χ4n) is 8.26. The normalized spacial score (nSPS) is 11.6. The molecule has 50 heavy (non-hydrogen) atoms. The Hall–Kier alpha value is -6.50. The smallest absolute Gasteiger partial charge is 0.00201 e. The molecule has 0 saturated carbocycles. The fraction of sp³-hybridized carbons (Fsp3) is 0. The molecule has 0 heteroatoms. The van der Waals surface area contributed by atoms with Gasteiger partial charge in [0.2, 0.25) is 0 Å². The summed E-state index contributed by atoms with van der Waals surface area (Å²) in [6.07, 6.45) is 0. The Balaban J connectivity index is 1.24. The number of hydrogen-bond donors (Lipinski definition) is 0. The molecule has 0 heterocycles. The molecular formula is C50H32. The third-order valence-electron chi connectivity index (χ3n) is 10.4. The topological polar surface area (TPSA) is 0 Å². The molecule has 10 rings (SSSR count). The molecule has 232 valence electrons. The van der Waals surface area contributed by atoms with Gasteiger partial charge in [0.15, 0.2) is 0 Å². The van der Waals surface area contributed by atoms with Crippen LogP contribution < -0.4 is 0 Å². The summed E-state index contributed by atoms with van der Waals surface area (Å²) in [7, 11) is 0. The maximum atomic E-state index is 2.40. The van der Waals surface area contributed by atoms with Crippen molar-refractivity contribution in [1.29, 1.82) is 0 Å². The zero-order valence-corrected chi connectivity index (χ0v) is 27.5. The standard InChI is InChI=1S/C50H32/c1-2-15-33(16-3-1)38-20-6-8-23-41(38)50-45-27-12-10-25-43(45)49(44-26-11-13-28-46(44)50)36-19-14-18-35(31-36)47-32-37-30-29-34-17-4-5-21-39(34)48(37)42-24-9-7-22-40(42)47/h1-32H. The van der Waals surface area contributed by atoms with Crippen molar-refractivity contribution in [2.75, 3.05) is 0 Å². The molecule has 0 unspecified atom stereocenters. The van der Waals surface area contributed by atoms with Gasteiger partial charge in [-0.25, -0.2) is 0 Å². The van der Waals surface area contributed by atoms with Gasteiger partial charge in [-0.05, 0) is 111 Å². The van der Waals surface area contributed by atoms with Crippen molar-refractivity contribution in [3.63, 3.8) is 0 Å². The lowest BCUT2D eigenvalue weighted by Gasteiger charge is -2.20. The Morgan fingerprint density at radius 3 is 1.44 bits per heavy atom. The van der Waals surface area contributed by atoms with E-state index in [0.29, 0.717) is 0 Å². The highest BCUT2D eigenvalue weighted by molar-refractivity contribution is 6.24. The summed E-state index contributed by atoms with van der Waals surface area (Å²) >= 11 is 0. The predicted octanol–water partition coefficient (Wildman–Crippen LogP) is 14.1. The van der Waals surface area contributed by atoms with Crippen LogP contribution in [-0.2, 0) is 0 Å². The summed E-state index contributed by atoms with van der Waals surface area (Å²) in [4.78, 5) is 0. The van der Waals surface area contributed by atoms with Crippen LogP contribution >= 0.6 is 0 Å². The van der Waals surface area contributed by atoms with E-state index in [1.807, 2.05) is 0 Å². The molecule has 0 spiro atoms. The van der Waals surface area contributed by atoms with Gasteiger partial charge in [-0.3, -0.25) is 0 Å². The van der Waals surface area contributed by atoms with Crippen LogP contribution in [0.5, 0.6) is 0 Å². The summed E-state index contributed by atoms with van der Waals surface area (Å²) in [6.45, 7) is 0. The van der Waals surface area contributed by atoms with Gasteiger partial charge in [0.05, 0.1) is 0 Å². The van der Waals surface area contributed by atoms with Crippen molar-refractivity contribution >= 4 is 53.9 Å². The van der Waals surface area contributed by atoms with Gasteiger partial charge in [-0.15, -0.1) is 0 Å². The van der Waals surface area contributed by atoms with Crippen molar-refractivity contribution in [2.24, 2.45) is 0 Å². The Labute approximate surface area is 291 Å². The van der Waals surface area contributed by atoms with E-state index in [1.165, 1.54) is 98.4 Å². The molecule has 10 aromatic rings. The van der Waals surface area contributed by atoms with E-state index >= 15 is 0 Å². The van der Waals surface area contributed by atoms with E-state index in [-0.39, 0.29) is 0 Å². The van der Waals surface area contributed by atoms with Gasteiger partial charge in [0.25, 0.3) is 0 Å². The van der Waals surface area contributed by atoms with Crippen molar-refractivity contribution in [3.8, 4) is 44.5 Å². The van der Waals surface area contributed by atoms with Crippen LogP contribution in [0.2, 0.25) is 0 Å². The maximum absolute atomic E-state index is 2.40. The molecule has 0 aliphatic rings. The third-order valence-corrected chi connectivity index (χ3v) is 10.4. The molecule has 0 bridgehead atoms. The maximum Gasteiger partial charge on any atom is -0.00201 e. The molecule has 0 atom stereocenters. The molecular weight excluding hydrogens is 601 g/mol. The molecule has 0 fully saturated rings. The van der Waals surface area contributed by atoms with Gasteiger partial charge in [-0.1, -0.05) is 182 Å². The van der Waals surface area contributed by atoms with E-state index in [0.717, 1.165) is 0 Å². The lowest BCUT2D eigenvalue weighted by Crippen LogP contribution is -1.93. The minimum atomic E-state index is 1.22. The first kappa shape index (κ1) is 28.5. The van der Waals surface area contributed by atoms with E-state index < -0.39 is 0 Å². The van der Waals surface area contributed by atoms with Gasteiger partial charge in [0, 0.05) is 0 Å². The van der Waals surface area contributed by atoms with Crippen LogP contribution in [0.3, 0.4) is 0 Å². The van der Waals surface area contributed by atoms with E-state index in [1.54, 1.807) is 0 Å². The summed E-state index contributed by atoms with van der Waals surface area (Å²) in [5.41, 5.74) is 9.98. The lowest BCUT2D eigenvalue weighted by molar-refractivity contribution is 1.60. The Bertz CT molecular complexity index is 2860. The van der Waals surface area contributed by atoms with E-state index in [4.69, 9.17) is 0 Å². The van der Waals surface area contributed by atoms with Gasteiger partial charge < -0.3 is 0 Å². The minimum absolute atomic E-state index is 1.22. The van der Waals surface area contributed by atoms with Crippen LogP contribution in [0, 0.1) is 0 Å². The second kappa shape index (κ2) is 11.6. The van der Waals surface area contributed by atoms with Crippen LogP contribution in [-0.4, -0.2) is 0 Å². The highest BCUT2D eigenvalue weighted by Crippen LogP contribution is 2.47. The number of hydrogen-bond acceptors (Lipinski definition) is 0. The second-order valence-electron chi connectivity index (χ2n) is 13.2. The monoisotopic (exact) mass is 632 g/mol. The molecule has 0 aromatic heterocycles. The first-order valence-electron chi connectivity index (χ1n) is 17.4. The van der Waals surface area contributed by atoms with Crippen molar-refractivity contribution in [2.45, 2.75) is 0 Å². The first-order chi connectivity index (χ1) is 24.8. The van der Waals surface area contributed by atoms with Crippen molar-refractivity contribution in [1.82, 2.24) is 0 Å². The van der Waals surface area contributed by atoms with Gasteiger partial charge in [0.1, 0.15) is 0 Å². The highest BCUT2D eigenvalue weighted by Gasteiger charge is 2.19. The highest BCUT2D eigenvalue weighted by atomic mass is 14.2. The molecule has 0 nitrogen and oxygen atoms in total. The van der Waals surface area contributed by atoms with Crippen molar-refractivity contribution in [3.05, 3.63) is 194 Å². The Morgan fingerprint density at radius 1 is 0.220 bits per heavy atom. The molecule has 0 radical (unpaired) electrons. The predicted molar refractivity (Wildman–Crippen MR) is 216 cm³/mol. The summed E-state index contributed by atoms with van der Waals surface area (Å²) in [5.74, 6) is 0. The quantitative estimate of drug-likeness (QED) is 0.134. The fourth-order valence-corrected chi connectivity index (χ4v) is 8.26. The molecule has 0 saturated heterocycles. The van der Waals surface area contributed by atoms with Crippen LogP contribution in [0.25, 0.3) is 98.4 Å². The van der Waals surface area contributed by atoms with Crippen LogP contribution in [0.1, 0.15) is 0 Å². The molecule has 0 N–H and O–H groups in total. The van der Waals surface area contributed by atoms with Gasteiger partial charge in [-0.2, -0.15) is 0 Å². The summed E-state index contributed by atoms with van der Waals surface area (Å²) in [6, 6.07) is 71.3. The SMILES string of the molecule is c1ccc(-c2ccccc2-c2c3ccccc3c(-c3cccc(-c4cc5ccc6ccccc6c5c5ccccc45)c3)c3ccccc23)cc1. The van der Waals surface area contributed by atoms with Crippen molar-refractivity contribution < 1.29 is 0 Å². The largest absolute Gasteiger partial charge is 0.0622 e. The summed E-state index contributed by atoms with van der Waals surface area (Å²) in [5, 5.41) is 12.8. The Kier molecular flexibility index (Phi) is 6.60. The first-order valence-corrected chi connectivity index (χ1v) is 17.4. The van der Waals surface area contributed by atoms with Crippen LogP contribution in [0.15, 0.2) is 194 Å². The summed E-state index contributed by atoms with van der Waals surface area (Å²) < 4.78 is 0. The molecule has 0 aliphatic carbocycles.